The lowest BCUT2D eigenvalue weighted by atomic mass is 9.81. The van der Waals surface area contributed by atoms with Crippen molar-refractivity contribution in [3.63, 3.8) is 0 Å². The van der Waals surface area contributed by atoms with E-state index in [9.17, 15) is 9.59 Å². The summed E-state index contributed by atoms with van der Waals surface area (Å²) in [7, 11) is 3.56. The molecule has 0 amide bonds. The zero-order valence-corrected chi connectivity index (χ0v) is 24.7. The van der Waals surface area contributed by atoms with E-state index in [0.29, 0.717) is 5.57 Å². The van der Waals surface area contributed by atoms with Gasteiger partial charge in [0.2, 0.25) is 0 Å². The van der Waals surface area contributed by atoms with Gasteiger partial charge in [0, 0.05) is 75.4 Å². The number of esters is 2. The third-order valence-corrected chi connectivity index (χ3v) is 10.1. The molecule has 0 aromatic carbocycles. The third-order valence-electron chi connectivity index (χ3n) is 6.67. The van der Waals surface area contributed by atoms with Gasteiger partial charge in [-0.1, -0.05) is 20.4 Å². The lowest BCUT2D eigenvalue weighted by Gasteiger charge is -2.56. The topological polar surface area (TPSA) is 59.1 Å². The monoisotopic (exact) mass is 514 g/mol. The largest absolute Gasteiger partial charge is 0.462 e. The number of rotatable bonds is 7. The minimum absolute atomic E-state index is 0.0756. The number of carbonyl (C=O) groups is 2. The highest BCUT2D eigenvalue weighted by Crippen LogP contribution is 2.53. The molecule has 0 aliphatic carbocycles. The fourth-order valence-corrected chi connectivity index (χ4v) is 9.59. The maximum absolute atomic E-state index is 12.2. The number of hydrogen-bond acceptors (Lipinski definition) is 8. The molecule has 0 N–H and O–H groups in total. The van der Waals surface area contributed by atoms with Crippen molar-refractivity contribution >= 4 is 33.9 Å². The van der Waals surface area contributed by atoms with Crippen molar-refractivity contribution in [2.45, 2.75) is 136 Å². The van der Waals surface area contributed by atoms with Gasteiger partial charge in [-0.05, 0) is 62.3 Å². The van der Waals surface area contributed by atoms with Gasteiger partial charge < -0.3 is 9.47 Å². The van der Waals surface area contributed by atoms with Gasteiger partial charge in [0.15, 0.2) is 0 Å². The maximum Gasteiger partial charge on any atom is 0.333 e. The Hall–Kier alpha value is -0.700. The van der Waals surface area contributed by atoms with Crippen LogP contribution in [0.5, 0.6) is 0 Å². The van der Waals surface area contributed by atoms with Crippen LogP contribution in [0.25, 0.3) is 0 Å². The molecule has 196 valence electrons. The van der Waals surface area contributed by atoms with E-state index in [1.165, 1.54) is 0 Å². The molecule has 2 rings (SSSR count). The minimum atomic E-state index is -0.309. The molecule has 2 fully saturated rings. The van der Waals surface area contributed by atoms with Gasteiger partial charge in [-0.2, -0.15) is 0 Å². The number of carbonyl (C=O) groups excluding carboxylic acids is 2. The summed E-state index contributed by atoms with van der Waals surface area (Å²) >= 11 is 0. The van der Waals surface area contributed by atoms with Crippen LogP contribution in [0.4, 0.5) is 0 Å². The molecule has 0 unspecified atom stereocenters. The highest BCUT2D eigenvalue weighted by Gasteiger charge is 2.51. The van der Waals surface area contributed by atoms with Crippen LogP contribution in [-0.2, 0) is 19.1 Å². The molecule has 0 aromatic heterocycles. The van der Waals surface area contributed by atoms with E-state index in [2.05, 4.69) is 70.6 Å². The molecule has 0 aromatic rings. The number of ether oxygens (including phenoxy) is 2. The molecule has 0 radical (unpaired) electrons. The van der Waals surface area contributed by atoms with Crippen molar-refractivity contribution in [2.75, 3.05) is 0 Å². The van der Waals surface area contributed by atoms with Gasteiger partial charge >= 0.3 is 11.9 Å². The summed E-state index contributed by atoms with van der Waals surface area (Å²) in [5.74, 6) is -0.543. The van der Waals surface area contributed by atoms with Gasteiger partial charge in [0.1, 0.15) is 12.2 Å². The SMILES string of the molecule is C=C(C)C(=O)OC1CC(C)(C)N(SSN2C(C)(C)CC(OC(=O)C(C)C)CC2(C)C)C(C)(C)C1. The zero-order valence-electron chi connectivity index (χ0n) is 23.1. The number of hydrogen-bond donors (Lipinski definition) is 0. The van der Waals surface area contributed by atoms with E-state index in [0.717, 1.165) is 25.7 Å². The normalized spacial score (nSPS) is 25.2. The van der Waals surface area contributed by atoms with Gasteiger partial charge in [-0.15, -0.1) is 0 Å². The van der Waals surface area contributed by atoms with Gasteiger partial charge in [0.25, 0.3) is 0 Å². The van der Waals surface area contributed by atoms with Crippen molar-refractivity contribution in [3.05, 3.63) is 12.2 Å². The Morgan fingerprint density at radius 1 is 0.765 bits per heavy atom. The molecule has 2 saturated heterocycles. The number of piperidine rings is 2. The molecule has 0 saturated carbocycles. The second-order valence-corrected chi connectivity index (χ2v) is 14.7. The fraction of sp³-hybridized carbons (Fsp3) is 0.846. The van der Waals surface area contributed by atoms with Gasteiger partial charge in [-0.3, -0.25) is 4.79 Å². The lowest BCUT2D eigenvalue weighted by molar-refractivity contribution is -0.159. The van der Waals surface area contributed by atoms with E-state index in [1.807, 2.05) is 13.8 Å². The molecule has 0 atom stereocenters. The quantitative estimate of drug-likeness (QED) is 0.164. The third kappa shape index (κ3) is 6.95. The number of nitrogens with zero attached hydrogens (tertiary/aromatic N) is 2. The summed E-state index contributed by atoms with van der Waals surface area (Å²) in [5, 5.41) is 0. The Kier molecular flexibility index (Phi) is 8.99. The van der Waals surface area contributed by atoms with Crippen molar-refractivity contribution in [1.29, 1.82) is 0 Å². The van der Waals surface area contributed by atoms with Crippen LogP contribution in [0.2, 0.25) is 0 Å². The molecular weight excluding hydrogens is 468 g/mol. The molecule has 0 bridgehead atoms. The highest BCUT2D eigenvalue weighted by molar-refractivity contribution is 8.74. The summed E-state index contributed by atoms with van der Waals surface area (Å²) in [5.41, 5.74) is -0.192. The standard InChI is InChI=1S/C26H46N2O4S2/c1-17(2)21(29)31-19-13-23(5,6)27(24(7,8)14-19)33-34-28-25(9,10)15-20(16-26(28,11)12)32-22(30)18(3)4/h18-20H,1,13-16H2,2-12H3. The van der Waals surface area contributed by atoms with E-state index >= 15 is 0 Å². The highest BCUT2D eigenvalue weighted by atomic mass is 33.1. The first-order chi connectivity index (χ1) is 15.3. The average molecular weight is 515 g/mol. The molecule has 2 heterocycles. The second-order valence-electron chi connectivity index (χ2n) is 12.8. The smallest absolute Gasteiger partial charge is 0.333 e. The predicted octanol–water partition coefficient (Wildman–Crippen LogP) is 6.56. The summed E-state index contributed by atoms with van der Waals surface area (Å²) in [4.78, 5) is 24.4. The fourth-order valence-electron chi connectivity index (χ4n) is 5.53. The van der Waals surface area contributed by atoms with Crippen LogP contribution < -0.4 is 0 Å². The Morgan fingerprint density at radius 3 is 1.38 bits per heavy atom. The van der Waals surface area contributed by atoms with Crippen LogP contribution in [0.1, 0.15) is 102 Å². The van der Waals surface area contributed by atoms with Crippen molar-refractivity contribution < 1.29 is 19.1 Å². The lowest BCUT2D eigenvalue weighted by Crippen LogP contribution is -2.61. The van der Waals surface area contributed by atoms with Crippen LogP contribution in [0.3, 0.4) is 0 Å². The molecule has 2 aliphatic heterocycles. The average Bonchev–Trinajstić information content (AvgIpc) is 2.60. The Balaban J connectivity index is 2.13. The summed E-state index contributed by atoms with van der Waals surface area (Å²) in [6.07, 6.45) is 2.93. The first-order valence-corrected chi connectivity index (χ1v) is 14.4. The minimum Gasteiger partial charge on any atom is -0.462 e. The summed E-state index contributed by atoms with van der Waals surface area (Å²) < 4.78 is 16.6. The van der Waals surface area contributed by atoms with Gasteiger partial charge in [-0.25, -0.2) is 13.4 Å². The maximum atomic E-state index is 12.2. The molecular formula is C26H46N2O4S2. The van der Waals surface area contributed by atoms with E-state index in [4.69, 9.17) is 9.47 Å². The molecule has 0 spiro atoms. The Bertz CT molecular complexity index is 756. The van der Waals surface area contributed by atoms with E-state index < -0.39 is 0 Å². The van der Waals surface area contributed by atoms with Crippen molar-refractivity contribution in [1.82, 2.24) is 8.61 Å². The molecule has 2 aliphatic rings. The first-order valence-electron chi connectivity index (χ1n) is 12.3. The van der Waals surface area contributed by atoms with Crippen LogP contribution in [0.15, 0.2) is 12.2 Å². The van der Waals surface area contributed by atoms with Crippen molar-refractivity contribution in [3.8, 4) is 0 Å². The molecule has 8 heteroatoms. The Morgan fingerprint density at radius 2 is 1.09 bits per heavy atom. The first kappa shape index (κ1) is 29.5. The van der Waals surface area contributed by atoms with Crippen LogP contribution in [-0.4, -0.2) is 54.9 Å². The van der Waals surface area contributed by atoms with E-state index in [-0.39, 0.29) is 52.2 Å². The van der Waals surface area contributed by atoms with Crippen LogP contribution >= 0.6 is 22.0 Å². The summed E-state index contributed by atoms with van der Waals surface area (Å²) in [6.45, 7) is 27.0. The Labute approximate surface area is 215 Å². The molecule has 6 nitrogen and oxygen atoms in total. The van der Waals surface area contributed by atoms with Crippen LogP contribution in [0, 0.1) is 5.92 Å². The van der Waals surface area contributed by atoms with Crippen molar-refractivity contribution in [2.24, 2.45) is 5.92 Å². The molecule has 34 heavy (non-hydrogen) atoms. The van der Waals surface area contributed by atoms with Gasteiger partial charge in [0.05, 0.1) is 5.92 Å². The second kappa shape index (κ2) is 10.3. The zero-order chi connectivity index (χ0) is 26.3. The van der Waals surface area contributed by atoms with E-state index in [1.54, 1.807) is 28.9 Å². The predicted molar refractivity (Wildman–Crippen MR) is 143 cm³/mol. The summed E-state index contributed by atoms with van der Waals surface area (Å²) in [6, 6.07) is 0.